The topological polar surface area (TPSA) is 67.1 Å². The normalized spacial score (nSPS) is 13.6. The van der Waals surface area contributed by atoms with Crippen LogP contribution in [0.1, 0.15) is 24.0 Å². The molecule has 30 heavy (non-hydrogen) atoms. The molecule has 1 aliphatic carbocycles. The molecule has 0 atom stereocenters. The summed E-state index contributed by atoms with van der Waals surface area (Å²) in [5.41, 5.74) is 4.75. The predicted molar refractivity (Wildman–Crippen MR) is 126 cm³/mol. The van der Waals surface area contributed by atoms with Crippen LogP contribution in [0.3, 0.4) is 0 Å². The highest BCUT2D eigenvalue weighted by Gasteiger charge is 2.26. The Hall–Kier alpha value is -2.16. The van der Waals surface area contributed by atoms with Gasteiger partial charge in [0.05, 0.1) is 16.5 Å². The standard InChI is InChI=1S/C22H25N5OS2/c1-27(2)11-6-10-23-20-19-18(25-22(26-20)29-3)16-13-7-4-8-14(13)17(24-21(16)30-19)15-9-5-12-28-15/h5,9,12H,4,6-8,10-11H2,1-3H3,(H,23,25,26). The lowest BCUT2D eigenvalue weighted by molar-refractivity contribution is 0.405. The molecule has 0 saturated carbocycles. The summed E-state index contributed by atoms with van der Waals surface area (Å²) in [4.78, 5) is 18.0. The minimum atomic E-state index is 0.805. The Bertz CT molecular complexity index is 1200. The van der Waals surface area contributed by atoms with Crippen molar-refractivity contribution in [3.05, 3.63) is 29.5 Å². The van der Waals surface area contributed by atoms with E-state index in [0.717, 1.165) is 76.2 Å². The Morgan fingerprint density at radius 2 is 2.07 bits per heavy atom. The maximum absolute atomic E-state index is 5.71. The second-order valence-corrected chi connectivity index (χ2v) is 9.62. The minimum absolute atomic E-state index is 0.805. The van der Waals surface area contributed by atoms with Crippen molar-refractivity contribution in [1.29, 1.82) is 0 Å². The zero-order valence-electron chi connectivity index (χ0n) is 17.5. The number of thiophene rings is 1. The number of thioether (sulfide) groups is 1. The maximum atomic E-state index is 5.71. The Balaban J connectivity index is 1.66. The average molecular weight is 440 g/mol. The van der Waals surface area contributed by atoms with Gasteiger partial charge in [-0.05, 0) is 75.8 Å². The predicted octanol–water partition coefficient (Wildman–Crippen LogP) is 5.07. The molecular formula is C22H25N5OS2. The zero-order chi connectivity index (χ0) is 20.7. The van der Waals surface area contributed by atoms with Gasteiger partial charge in [0, 0.05) is 11.9 Å². The number of nitrogens with one attached hydrogen (secondary N) is 1. The number of pyridine rings is 1. The summed E-state index contributed by atoms with van der Waals surface area (Å²) >= 11 is 3.28. The van der Waals surface area contributed by atoms with Gasteiger partial charge in [0.15, 0.2) is 10.9 Å². The van der Waals surface area contributed by atoms with Crippen molar-refractivity contribution in [3.63, 3.8) is 0 Å². The van der Waals surface area contributed by atoms with Crippen LogP contribution < -0.4 is 5.32 Å². The van der Waals surface area contributed by atoms with Gasteiger partial charge in [-0.15, -0.1) is 11.3 Å². The van der Waals surface area contributed by atoms with E-state index in [4.69, 9.17) is 19.4 Å². The van der Waals surface area contributed by atoms with E-state index in [0.29, 0.717) is 0 Å². The van der Waals surface area contributed by atoms with Crippen LogP contribution in [0.25, 0.3) is 31.9 Å². The molecule has 4 aromatic heterocycles. The van der Waals surface area contributed by atoms with E-state index in [1.165, 1.54) is 16.5 Å². The molecule has 156 valence electrons. The summed E-state index contributed by atoms with van der Waals surface area (Å²) in [5, 5.41) is 5.58. The summed E-state index contributed by atoms with van der Waals surface area (Å²) in [5.74, 6) is 1.78. The van der Waals surface area contributed by atoms with Crippen molar-refractivity contribution in [3.8, 4) is 11.5 Å². The molecule has 0 bridgehead atoms. The molecule has 0 unspecified atom stereocenters. The molecule has 5 rings (SSSR count). The van der Waals surface area contributed by atoms with E-state index in [1.807, 2.05) is 18.4 Å². The van der Waals surface area contributed by atoms with Gasteiger partial charge in [0.2, 0.25) is 0 Å². The number of furan rings is 1. The second kappa shape index (κ2) is 8.17. The van der Waals surface area contributed by atoms with Gasteiger partial charge in [0.1, 0.15) is 16.3 Å². The lowest BCUT2D eigenvalue weighted by Gasteiger charge is -2.11. The fourth-order valence-corrected chi connectivity index (χ4v) is 5.65. The van der Waals surface area contributed by atoms with E-state index < -0.39 is 0 Å². The zero-order valence-corrected chi connectivity index (χ0v) is 19.1. The molecule has 0 aliphatic heterocycles. The third kappa shape index (κ3) is 3.46. The van der Waals surface area contributed by atoms with Crippen molar-refractivity contribution in [2.75, 3.05) is 38.8 Å². The van der Waals surface area contributed by atoms with Crippen LogP contribution in [0.5, 0.6) is 0 Å². The van der Waals surface area contributed by atoms with Crippen LogP contribution >= 0.6 is 23.1 Å². The highest BCUT2D eigenvalue weighted by Crippen LogP contribution is 2.44. The minimum Gasteiger partial charge on any atom is -0.463 e. The van der Waals surface area contributed by atoms with E-state index in [9.17, 15) is 0 Å². The Labute approximate surface area is 184 Å². The first-order valence-corrected chi connectivity index (χ1v) is 12.3. The number of hydrogen-bond donors (Lipinski definition) is 1. The summed E-state index contributed by atoms with van der Waals surface area (Å²) in [6.07, 6.45) is 8.08. The molecule has 6 nitrogen and oxygen atoms in total. The first-order valence-electron chi connectivity index (χ1n) is 10.3. The molecule has 4 heterocycles. The third-order valence-electron chi connectivity index (χ3n) is 5.52. The Morgan fingerprint density at radius 3 is 2.83 bits per heavy atom. The quantitative estimate of drug-likeness (QED) is 0.245. The van der Waals surface area contributed by atoms with Gasteiger partial charge in [0.25, 0.3) is 0 Å². The van der Waals surface area contributed by atoms with Gasteiger partial charge in [-0.1, -0.05) is 11.8 Å². The molecule has 0 aromatic carbocycles. The number of aromatic nitrogens is 3. The van der Waals surface area contributed by atoms with Crippen LogP contribution in [0.4, 0.5) is 5.82 Å². The third-order valence-corrected chi connectivity index (χ3v) is 7.15. The summed E-state index contributed by atoms with van der Waals surface area (Å²) in [6.45, 7) is 1.93. The Morgan fingerprint density at radius 1 is 1.20 bits per heavy atom. The second-order valence-electron chi connectivity index (χ2n) is 7.85. The summed E-state index contributed by atoms with van der Waals surface area (Å²) in [6, 6.07) is 3.93. The number of aryl methyl sites for hydroxylation is 1. The molecule has 0 saturated heterocycles. The largest absolute Gasteiger partial charge is 0.463 e. The van der Waals surface area contributed by atoms with Crippen molar-refractivity contribution in [1.82, 2.24) is 19.9 Å². The van der Waals surface area contributed by atoms with Gasteiger partial charge >= 0.3 is 0 Å². The molecule has 0 spiro atoms. The monoisotopic (exact) mass is 439 g/mol. The van der Waals surface area contributed by atoms with Gasteiger partial charge in [-0.3, -0.25) is 0 Å². The lowest BCUT2D eigenvalue weighted by atomic mass is 10.0. The Kier molecular flexibility index (Phi) is 5.39. The molecule has 0 amide bonds. The van der Waals surface area contributed by atoms with Crippen LogP contribution in [0.15, 0.2) is 28.0 Å². The number of fused-ring (bicyclic) bond motifs is 5. The first-order chi connectivity index (χ1) is 14.7. The highest BCUT2D eigenvalue weighted by molar-refractivity contribution is 7.98. The molecule has 4 aromatic rings. The molecular weight excluding hydrogens is 414 g/mol. The number of anilines is 1. The molecule has 0 fully saturated rings. The van der Waals surface area contributed by atoms with Gasteiger partial charge < -0.3 is 14.6 Å². The van der Waals surface area contributed by atoms with Crippen molar-refractivity contribution >= 4 is 49.3 Å². The molecule has 1 aliphatic rings. The SMILES string of the molecule is CSc1nc(NCCCN(C)C)c2sc3nc(-c4ccco4)c4c(c3c2n1)CCC4. The maximum Gasteiger partial charge on any atom is 0.189 e. The fourth-order valence-electron chi connectivity index (χ4n) is 4.18. The van der Waals surface area contributed by atoms with Crippen molar-refractivity contribution < 1.29 is 4.42 Å². The number of nitrogens with zero attached hydrogens (tertiary/aromatic N) is 4. The van der Waals surface area contributed by atoms with Crippen molar-refractivity contribution in [2.45, 2.75) is 30.8 Å². The number of hydrogen-bond acceptors (Lipinski definition) is 8. The fraction of sp³-hybridized carbons (Fsp3) is 0.409. The van der Waals surface area contributed by atoms with Crippen molar-refractivity contribution in [2.24, 2.45) is 0 Å². The van der Waals surface area contributed by atoms with Crippen LogP contribution in [-0.4, -0.2) is 53.3 Å². The van der Waals surface area contributed by atoms with Gasteiger partial charge in [-0.2, -0.15) is 0 Å². The summed E-state index contributed by atoms with van der Waals surface area (Å²) in [7, 11) is 4.20. The summed E-state index contributed by atoms with van der Waals surface area (Å²) < 4.78 is 6.81. The lowest BCUT2D eigenvalue weighted by Crippen LogP contribution is -2.16. The van der Waals surface area contributed by atoms with Gasteiger partial charge in [-0.25, -0.2) is 15.0 Å². The van der Waals surface area contributed by atoms with E-state index in [-0.39, 0.29) is 0 Å². The molecule has 1 N–H and O–H groups in total. The first kappa shape index (κ1) is 19.8. The van der Waals surface area contributed by atoms with Crippen LogP contribution in [0.2, 0.25) is 0 Å². The van der Waals surface area contributed by atoms with E-state index >= 15 is 0 Å². The highest BCUT2D eigenvalue weighted by atomic mass is 32.2. The average Bonchev–Trinajstić information content (AvgIpc) is 3.48. The van der Waals surface area contributed by atoms with Crippen LogP contribution in [-0.2, 0) is 12.8 Å². The smallest absolute Gasteiger partial charge is 0.189 e. The van der Waals surface area contributed by atoms with E-state index in [1.54, 1.807) is 29.4 Å². The van der Waals surface area contributed by atoms with Crippen LogP contribution in [0, 0.1) is 0 Å². The molecule has 8 heteroatoms. The number of rotatable bonds is 7. The molecule has 0 radical (unpaired) electrons. The van der Waals surface area contributed by atoms with E-state index in [2.05, 4.69) is 24.3 Å².